The number of carbonyl (C=O) groups excluding carboxylic acids is 1. The first-order valence-corrected chi connectivity index (χ1v) is 7.17. The first-order chi connectivity index (χ1) is 10.4. The zero-order valence-corrected chi connectivity index (χ0v) is 13.1. The number of urea groups is 1. The average molecular weight is 303 g/mol. The van der Waals surface area contributed by atoms with Gasteiger partial charge in [0.15, 0.2) is 0 Å². The molecule has 0 saturated carbocycles. The van der Waals surface area contributed by atoms with Crippen molar-refractivity contribution in [2.45, 2.75) is 26.8 Å². The molecule has 118 valence electrons. The first-order valence-electron chi connectivity index (χ1n) is 7.17. The number of aromatic amines is 1. The molecular weight excluding hydrogens is 282 g/mol. The number of benzene rings is 1. The molecule has 0 aliphatic rings. The summed E-state index contributed by atoms with van der Waals surface area (Å²) in [7, 11) is 1.58. The van der Waals surface area contributed by atoms with Crippen LogP contribution in [-0.4, -0.2) is 40.6 Å². The number of rotatable bonds is 5. The van der Waals surface area contributed by atoms with Gasteiger partial charge in [-0.2, -0.15) is 0 Å². The Kier molecular flexibility index (Phi) is 4.70. The van der Waals surface area contributed by atoms with Crippen LogP contribution in [-0.2, 0) is 11.3 Å². The van der Waals surface area contributed by atoms with Crippen LogP contribution in [0, 0.1) is 13.8 Å². The van der Waals surface area contributed by atoms with Crippen molar-refractivity contribution in [3.8, 4) is 0 Å². The van der Waals surface area contributed by atoms with E-state index < -0.39 is 5.97 Å². The second-order valence-corrected chi connectivity index (χ2v) is 5.48. The third-order valence-electron chi connectivity index (χ3n) is 3.82. The molecule has 0 fully saturated rings. The van der Waals surface area contributed by atoms with Gasteiger partial charge in [-0.1, -0.05) is 6.07 Å². The Morgan fingerprint density at radius 1 is 1.32 bits per heavy atom. The third-order valence-corrected chi connectivity index (χ3v) is 3.82. The number of aromatic nitrogens is 1. The number of aryl methyl sites for hydroxylation is 2. The van der Waals surface area contributed by atoms with E-state index in [1.165, 1.54) is 10.5 Å². The molecule has 1 aromatic carbocycles. The summed E-state index contributed by atoms with van der Waals surface area (Å²) in [6, 6.07) is 5.76. The molecule has 0 spiro atoms. The van der Waals surface area contributed by atoms with Gasteiger partial charge in [-0.15, -0.1) is 0 Å². The topological polar surface area (TPSA) is 85.4 Å². The van der Waals surface area contributed by atoms with Crippen molar-refractivity contribution in [1.29, 1.82) is 0 Å². The van der Waals surface area contributed by atoms with Crippen molar-refractivity contribution in [2.24, 2.45) is 0 Å². The molecule has 2 aromatic rings. The van der Waals surface area contributed by atoms with E-state index in [1.54, 1.807) is 7.05 Å². The van der Waals surface area contributed by atoms with Crippen molar-refractivity contribution in [3.05, 3.63) is 35.0 Å². The van der Waals surface area contributed by atoms with Crippen LogP contribution in [0.1, 0.15) is 23.2 Å². The van der Waals surface area contributed by atoms with E-state index in [2.05, 4.69) is 23.3 Å². The van der Waals surface area contributed by atoms with Gasteiger partial charge in [0, 0.05) is 36.7 Å². The molecule has 0 saturated heterocycles. The minimum Gasteiger partial charge on any atom is -0.481 e. The summed E-state index contributed by atoms with van der Waals surface area (Å²) in [6.07, 6.45) is -0.0578. The van der Waals surface area contributed by atoms with Gasteiger partial charge in [0.1, 0.15) is 0 Å². The fourth-order valence-electron chi connectivity index (χ4n) is 2.30. The lowest BCUT2D eigenvalue weighted by Gasteiger charge is -2.17. The molecule has 0 bridgehead atoms. The predicted octanol–water partition coefficient (Wildman–Crippen LogP) is 2.40. The standard InChI is InChI=1S/C16H21N3O3/c1-10-11(2)18-14-5-4-12(8-13(10)14)9-17-16(22)19(3)7-6-15(20)21/h4-5,8,18H,6-7,9H2,1-3H3,(H,17,22)(H,20,21). The summed E-state index contributed by atoms with van der Waals surface area (Å²) < 4.78 is 0. The summed E-state index contributed by atoms with van der Waals surface area (Å²) in [5.74, 6) is -0.914. The van der Waals surface area contributed by atoms with Crippen LogP contribution >= 0.6 is 0 Å². The minimum atomic E-state index is -0.914. The molecule has 6 heteroatoms. The van der Waals surface area contributed by atoms with E-state index in [-0.39, 0.29) is 19.0 Å². The molecule has 2 rings (SSSR count). The molecule has 0 radical (unpaired) electrons. The average Bonchev–Trinajstić information content (AvgIpc) is 2.77. The lowest BCUT2D eigenvalue weighted by molar-refractivity contribution is -0.137. The Morgan fingerprint density at radius 2 is 2.05 bits per heavy atom. The van der Waals surface area contributed by atoms with E-state index in [0.717, 1.165) is 22.2 Å². The number of hydrogen-bond donors (Lipinski definition) is 3. The molecule has 0 aliphatic carbocycles. The van der Waals surface area contributed by atoms with Crippen LogP contribution in [0.25, 0.3) is 10.9 Å². The fourth-order valence-corrected chi connectivity index (χ4v) is 2.30. The number of carboxylic acids is 1. The number of fused-ring (bicyclic) bond motifs is 1. The number of carboxylic acid groups (broad SMARTS) is 1. The number of aliphatic carboxylic acids is 1. The van der Waals surface area contributed by atoms with Crippen LogP contribution in [0.4, 0.5) is 4.79 Å². The lowest BCUT2D eigenvalue weighted by atomic mass is 10.1. The minimum absolute atomic E-state index is 0.0578. The highest BCUT2D eigenvalue weighted by Crippen LogP contribution is 2.22. The van der Waals surface area contributed by atoms with Crippen molar-refractivity contribution < 1.29 is 14.7 Å². The Bertz CT molecular complexity index is 706. The zero-order valence-electron chi connectivity index (χ0n) is 13.1. The van der Waals surface area contributed by atoms with Crippen LogP contribution in [0.5, 0.6) is 0 Å². The highest BCUT2D eigenvalue weighted by atomic mass is 16.4. The SMILES string of the molecule is Cc1[nH]c2ccc(CNC(=O)N(C)CCC(=O)O)cc2c1C. The van der Waals surface area contributed by atoms with Crippen LogP contribution in [0.3, 0.4) is 0 Å². The molecule has 2 amide bonds. The number of carbonyl (C=O) groups is 2. The van der Waals surface area contributed by atoms with Gasteiger partial charge in [0.2, 0.25) is 0 Å². The summed E-state index contributed by atoms with van der Waals surface area (Å²) in [5.41, 5.74) is 4.45. The molecule has 1 heterocycles. The van der Waals surface area contributed by atoms with Gasteiger partial charge < -0.3 is 20.3 Å². The van der Waals surface area contributed by atoms with Gasteiger partial charge in [-0.05, 0) is 37.1 Å². The molecule has 0 atom stereocenters. The second kappa shape index (κ2) is 6.51. The van der Waals surface area contributed by atoms with Crippen molar-refractivity contribution in [3.63, 3.8) is 0 Å². The Morgan fingerprint density at radius 3 is 2.73 bits per heavy atom. The molecule has 0 aliphatic heterocycles. The van der Waals surface area contributed by atoms with E-state index in [0.29, 0.717) is 6.54 Å². The van der Waals surface area contributed by atoms with Gasteiger partial charge >= 0.3 is 12.0 Å². The Labute approximate surface area is 129 Å². The number of H-pyrrole nitrogens is 1. The maximum absolute atomic E-state index is 11.9. The van der Waals surface area contributed by atoms with Crippen LogP contribution < -0.4 is 5.32 Å². The third kappa shape index (κ3) is 3.58. The maximum Gasteiger partial charge on any atom is 0.317 e. The fraction of sp³-hybridized carbons (Fsp3) is 0.375. The molecule has 0 unspecified atom stereocenters. The number of nitrogens with zero attached hydrogens (tertiary/aromatic N) is 1. The van der Waals surface area contributed by atoms with E-state index in [9.17, 15) is 9.59 Å². The number of nitrogens with one attached hydrogen (secondary N) is 2. The van der Waals surface area contributed by atoms with Crippen molar-refractivity contribution in [2.75, 3.05) is 13.6 Å². The quantitative estimate of drug-likeness (QED) is 0.793. The summed E-state index contributed by atoms with van der Waals surface area (Å²) in [4.78, 5) is 27.1. The van der Waals surface area contributed by atoms with Crippen LogP contribution in [0.15, 0.2) is 18.2 Å². The summed E-state index contributed by atoms with van der Waals surface area (Å²) in [6.45, 7) is 4.70. The first kappa shape index (κ1) is 15.9. The van der Waals surface area contributed by atoms with Gasteiger partial charge in [-0.25, -0.2) is 4.79 Å². The van der Waals surface area contributed by atoms with Crippen LogP contribution in [0.2, 0.25) is 0 Å². The smallest absolute Gasteiger partial charge is 0.317 e. The van der Waals surface area contributed by atoms with Crippen molar-refractivity contribution in [1.82, 2.24) is 15.2 Å². The molecule has 22 heavy (non-hydrogen) atoms. The van der Waals surface area contributed by atoms with E-state index in [4.69, 9.17) is 5.11 Å². The summed E-state index contributed by atoms with van der Waals surface area (Å²) in [5, 5.41) is 12.6. The Balaban J connectivity index is 1.98. The van der Waals surface area contributed by atoms with E-state index in [1.807, 2.05) is 19.1 Å². The Hall–Kier alpha value is -2.50. The van der Waals surface area contributed by atoms with E-state index >= 15 is 0 Å². The normalized spacial score (nSPS) is 10.7. The number of amides is 2. The predicted molar refractivity (Wildman–Crippen MR) is 84.9 cm³/mol. The molecule has 6 nitrogen and oxygen atoms in total. The second-order valence-electron chi connectivity index (χ2n) is 5.48. The molecular formula is C16H21N3O3. The summed E-state index contributed by atoms with van der Waals surface area (Å²) >= 11 is 0. The maximum atomic E-state index is 11.9. The molecule has 3 N–H and O–H groups in total. The number of hydrogen-bond acceptors (Lipinski definition) is 2. The van der Waals surface area contributed by atoms with Gasteiger partial charge in [-0.3, -0.25) is 4.79 Å². The van der Waals surface area contributed by atoms with Gasteiger partial charge in [0.25, 0.3) is 0 Å². The largest absolute Gasteiger partial charge is 0.481 e. The molecule has 1 aromatic heterocycles. The lowest BCUT2D eigenvalue weighted by Crippen LogP contribution is -2.37. The van der Waals surface area contributed by atoms with Crippen molar-refractivity contribution >= 4 is 22.9 Å². The zero-order chi connectivity index (χ0) is 16.3. The monoisotopic (exact) mass is 303 g/mol. The van der Waals surface area contributed by atoms with Gasteiger partial charge in [0.05, 0.1) is 6.42 Å². The highest BCUT2D eigenvalue weighted by molar-refractivity contribution is 5.85. The highest BCUT2D eigenvalue weighted by Gasteiger charge is 2.10.